The minimum Gasteiger partial charge on any atom is -0.312 e. The van der Waals surface area contributed by atoms with Gasteiger partial charge in [0.05, 0.1) is 0 Å². The van der Waals surface area contributed by atoms with Crippen molar-refractivity contribution in [2.45, 2.75) is 71.8 Å². The summed E-state index contributed by atoms with van der Waals surface area (Å²) in [5.74, 6) is 0.946. The highest BCUT2D eigenvalue weighted by atomic mass is 15.2. The van der Waals surface area contributed by atoms with Crippen LogP contribution < -0.4 is 5.32 Å². The first-order valence-electron chi connectivity index (χ1n) is 8.56. The molecule has 0 bridgehead atoms. The van der Waals surface area contributed by atoms with Gasteiger partial charge in [-0.15, -0.1) is 0 Å². The zero-order valence-corrected chi connectivity index (χ0v) is 13.4. The molecule has 1 aliphatic heterocycles. The Morgan fingerprint density at radius 3 is 2.37 bits per heavy atom. The van der Waals surface area contributed by atoms with Gasteiger partial charge >= 0.3 is 0 Å². The van der Waals surface area contributed by atoms with E-state index in [0.29, 0.717) is 5.41 Å². The Balaban J connectivity index is 1.81. The highest BCUT2D eigenvalue weighted by Gasteiger charge is 2.30. The van der Waals surface area contributed by atoms with Crippen LogP contribution in [-0.4, -0.2) is 37.1 Å². The van der Waals surface area contributed by atoms with E-state index in [1.165, 1.54) is 71.1 Å². The fourth-order valence-electron chi connectivity index (χ4n) is 3.69. The molecule has 19 heavy (non-hydrogen) atoms. The topological polar surface area (TPSA) is 15.3 Å². The van der Waals surface area contributed by atoms with Crippen molar-refractivity contribution < 1.29 is 0 Å². The van der Waals surface area contributed by atoms with Crippen molar-refractivity contribution in [2.75, 3.05) is 26.2 Å². The van der Waals surface area contributed by atoms with Gasteiger partial charge in [-0.1, -0.05) is 33.6 Å². The molecule has 1 N–H and O–H groups in total. The maximum Gasteiger partial charge on any atom is 0.0223 e. The van der Waals surface area contributed by atoms with Gasteiger partial charge in [-0.25, -0.2) is 0 Å². The number of likely N-dealkylation sites (tertiary alicyclic amines) is 1. The molecule has 1 aliphatic carbocycles. The lowest BCUT2D eigenvalue weighted by Crippen LogP contribution is -2.48. The van der Waals surface area contributed by atoms with E-state index in [2.05, 4.69) is 31.0 Å². The van der Waals surface area contributed by atoms with E-state index in [-0.39, 0.29) is 0 Å². The first-order chi connectivity index (χ1) is 9.11. The summed E-state index contributed by atoms with van der Waals surface area (Å²) in [5.41, 5.74) is 0.580. The van der Waals surface area contributed by atoms with Gasteiger partial charge in [-0.05, 0) is 63.1 Å². The Bertz CT molecular complexity index is 246. The molecular formula is C17H34N2. The molecule has 112 valence electrons. The van der Waals surface area contributed by atoms with Crippen molar-refractivity contribution in [3.8, 4) is 0 Å². The summed E-state index contributed by atoms with van der Waals surface area (Å²) in [5, 5.41) is 3.84. The molecule has 0 aromatic heterocycles. The van der Waals surface area contributed by atoms with E-state index >= 15 is 0 Å². The van der Waals surface area contributed by atoms with E-state index < -0.39 is 0 Å². The van der Waals surface area contributed by atoms with Crippen molar-refractivity contribution >= 4 is 0 Å². The standard InChI is InChI=1S/C17H34N2/c1-4-11-18-16(15-7-5-6-8-15)14-19-12-9-17(2,3)10-13-19/h15-16,18H,4-14H2,1-3H3. The predicted octanol–water partition coefficient (Wildman–Crippen LogP) is 3.67. The lowest BCUT2D eigenvalue weighted by molar-refractivity contribution is 0.113. The van der Waals surface area contributed by atoms with Crippen molar-refractivity contribution in [1.82, 2.24) is 10.2 Å². The zero-order chi connectivity index (χ0) is 13.7. The molecule has 0 aromatic carbocycles. The van der Waals surface area contributed by atoms with Crippen LogP contribution >= 0.6 is 0 Å². The molecule has 1 unspecified atom stereocenters. The summed E-state index contributed by atoms with van der Waals surface area (Å²) in [4.78, 5) is 2.72. The van der Waals surface area contributed by atoms with E-state index in [1.54, 1.807) is 0 Å². The minimum absolute atomic E-state index is 0.580. The summed E-state index contributed by atoms with van der Waals surface area (Å²) < 4.78 is 0. The van der Waals surface area contributed by atoms with E-state index in [4.69, 9.17) is 0 Å². The summed E-state index contributed by atoms with van der Waals surface area (Å²) in [6.45, 7) is 12.2. The van der Waals surface area contributed by atoms with Gasteiger partial charge in [0, 0.05) is 12.6 Å². The second kappa shape index (κ2) is 7.08. The van der Waals surface area contributed by atoms with Crippen LogP contribution in [0.25, 0.3) is 0 Å². The molecule has 1 atom stereocenters. The molecule has 2 aliphatic rings. The minimum atomic E-state index is 0.580. The molecule has 0 amide bonds. The second-order valence-corrected chi connectivity index (χ2v) is 7.57. The van der Waals surface area contributed by atoms with E-state index in [9.17, 15) is 0 Å². The zero-order valence-electron chi connectivity index (χ0n) is 13.4. The molecular weight excluding hydrogens is 232 g/mol. The molecule has 0 spiro atoms. The highest BCUT2D eigenvalue weighted by molar-refractivity contribution is 4.86. The van der Waals surface area contributed by atoms with Crippen LogP contribution in [0.1, 0.15) is 65.7 Å². The maximum absolute atomic E-state index is 3.84. The van der Waals surface area contributed by atoms with Crippen LogP contribution in [0.2, 0.25) is 0 Å². The quantitative estimate of drug-likeness (QED) is 0.789. The Hall–Kier alpha value is -0.0800. The van der Waals surface area contributed by atoms with Crippen LogP contribution in [-0.2, 0) is 0 Å². The third-order valence-electron chi connectivity index (χ3n) is 5.29. The molecule has 1 saturated heterocycles. The van der Waals surface area contributed by atoms with Crippen molar-refractivity contribution in [2.24, 2.45) is 11.3 Å². The van der Waals surface area contributed by atoms with Crippen molar-refractivity contribution in [3.63, 3.8) is 0 Å². The number of rotatable bonds is 6. The Labute approximate surface area is 120 Å². The Morgan fingerprint density at radius 2 is 1.79 bits per heavy atom. The predicted molar refractivity (Wildman–Crippen MR) is 83.5 cm³/mol. The van der Waals surface area contributed by atoms with E-state index in [0.717, 1.165) is 12.0 Å². The van der Waals surface area contributed by atoms with Gasteiger partial charge in [0.25, 0.3) is 0 Å². The number of nitrogens with one attached hydrogen (secondary N) is 1. The van der Waals surface area contributed by atoms with E-state index in [1.807, 2.05) is 0 Å². The van der Waals surface area contributed by atoms with Crippen molar-refractivity contribution in [1.29, 1.82) is 0 Å². The Morgan fingerprint density at radius 1 is 1.16 bits per heavy atom. The monoisotopic (exact) mass is 266 g/mol. The number of hydrogen-bond donors (Lipinski definition) is 1. The van der Waals surface area contributed by atoms with Gasteiger partial charge in [-0.3, -0.25) is 0 Å². The first-order valence-corrected chi connectivity index (χ1v) is 8.56. The fourth-order valence-corrected chi connectivity index (χ4v) is 3.69. The number of nitrogens with zero attached hydrogens (tertiary/aromatic N) is 1. The highest BCUT2D eigenvalue weighted by Crippen LogP contribution is 2.32. The van der Waals surface area contributed by atoms with Gasteiger partial charge in [0.15, 0.2) is 0 Å². The second-order valence-electron chi connectivity index (χ2n) is 7.57. The summed E-state index contributed by atoms with van der Waals surface area (Å²) in [6, 6.07) is 0.753. The molecule has 1 saturated carbocycles. The molecule has 2 heteroatoms. The Kier molecular flexibility index (Phi) is 5.70. The number of hydrogen-bond acceptors (Lipinski definition) is 2. The van der Waals surface area contributed by atoms with Crippen LogP contribution in [0.3, 0.4) is 0 Å². The summed E-state index contributed by atoms with van der Waals surface area (Å²) >= 11 is 0. The third kappa shape index (κ3) is 4.75. The van der Waals surface area contributed by atoms with Crippen LogP contribution in [0, 0.1) is 11.3 Å². The molecule has 2 fully saturated rings. The smallest absolute Gasteiger partial charge is 0.0223 e. The summed E-state index contributed by atoms with van der Waals surface area (Å²) in [6.07, 6.45) is 9.85. The first kappa shape index (κ1) is 15.3. The largest absolute Gasteiger partial charge is 0.312 e. The maximum atomic E-state index is 3.84. The van der Waals surface area contributed by atoms with Gasteiger partial charge in [0.1, 0.15) is 0 Å². The SMILES string of the molecule is CCCNC(CN1CCC(C)(C)CC1)C1CCCC1. The molecule has 0 radical (unpaired) electrons. The molecule has 2 nitrogen and oxygen atoms in total. The summed E-state index contributed by atoms with van der Waals surface area (Å²) in [7, 11) is 0. The molecule has 1 heterocycles. The molecule has 2 rings (SSSR count). The van der Waals surface area contributed by atoms with Gasteiger partial charge < -0.3 is 10.2 Å². The van der Waals surface area contributed by atoms with Gasteiger partial charge in [0.2, 0.25) is 0 Å². The van der Waals surface area contributed by atoms with Crippen LogP contribution in [0.15, 0.2) is 0 Å². The lowest BCUT2D eigenvalue weighted by atomic mass is 9.82. The third-order valence-corrected chi connectivity index (χ3v) is 5.29. The fraction of sp³-hybridized carbons (Fsp3) is 1.00. The average molecular weight is 266 g/mol. The lowest BCUT2D eigenvalue weighted by Gasteiger charge is -2.39. The average Bonchev–Trinajstić information content (AvgIpc) is 2.90. The van der Waals surface area contributed by atoms with Crippen LogP contribution in [0.4, 0.5) is 0 Å². The molecule has 0 aromatic rings. The normalized spacial score (nSPS) is 26.7. The van der Waals surface area contributed by atoms with Crippen molar-refractivity contribution in [3.05, 3.63) is 0 Å². The van der Waals surface area contributed by atoms with Gasteiger partial charge in [-0.2, -0.15) is 0 Å². The van der Waals surface area contributed by atoms with Crippen LogP contribution in [0.5, 0.6) is 0 Å². The number of piperidine rings is 1.